The maximum Gasteiger partial charge on any atom is 0.137 e. The Hall–Kier alpha value is -1.02. The first kappa shape index (κ1) is 13.4. The molecule has 18 heavy (non-hydrogen) atoms. The van der Waals surface area contributed by atoms with Gasteiger partial charge in [-0.3, -0.25) is 4.79 Å². The van der Waals surface area contributed by atoms with E-state index in [2.05, 4.69) is 13.8 Å². The highest BCUT2D eigenvalue weighted by atomic mass is 35.5. The average molecular weight is 267 g/mol. The van der Waals surface area contributed by atoms with Gasteiger partial charge in [-0.25, -0.2) is 0 Å². The molecule has 1 unspecified atom stereocenters. The van der Waals surface area contributed by atoms with Gasteiger partial charge in [0.25, 0.3) is 0 Å². The molecule has 1 atom stereocenters. The summed E-state index contributed by atoms with van der Waals surface area (Å²) in [5.41, 5.74) is 2.08. The predicted octanol–water partition coefficient (Wildman–Crippen LogP) is 3.82. The van der Waals surface area contributed by atoms with Gasteiger partial charge in [0.1, 0.15) is 11.5 Å². The molecular formula is C15H19ClO2. The Balaban J connectivity index is 2.12. The number of ketones is 1. The van der Waals surface area contributed by atoms with E-state index in [4.69, 9.17) is 16.3 Å². The van der Waals surface area contributed by atoms with E-state index in [1.807, 2.05) is 12.1 Å². The van der Waals surface area contributed by atoms with Gasteiger partial charge in [-0.1, -0.05) is 31.9 Å². The van der Waals surface area contributed by atoms with Crippen molar-refractivity contribution >= 4 is 17.4 Å². The SMILES string of the molecule is CCC(C)CC(=O)Cc1cc(Cl)cc2c1OCC2. The highest BCUT2D eigenvalue weighted by molar-refractivity contribution is 6.30. The first-order valence-corrected chi connectivity index (χ1v) is 6.93. The topological polar surface area (TPSA) is 26.3 Å². The first-order valence-electron chi connectivity index (χ1n) is 6.56. The third-order valence-electron chi connectivity index (χ3n) is 3.49. The molecule has 0 bridgehead atoms. The summed E-state index contributed by atoms with van der Waals surface area (Å²) < 4.78 is 5.61. The third-order valence-corrected chi connectivity index (χ3v) is 3.70. The first-order chi connectivity index (χ1) is 8.60. The number of halogens is 1. The van der Waals surface area contributed by atoms with Crippen LogP contribution in [-0.4, -0.2) is 12.4 Å². The molecule has 2 nitrogen and oxygen atoms in total. The van der Waals surface area contributed by atoms with Crippen molar-refractivity contribution in [2.75, 3.05) is 6.61 Å². The van der Waals surface area contributed by atoms with Gasteiger partial charge < -0.3 is 4.74 Å². The fourth-order valence-corrected chi connectivity index (χ4v) is 2.56. The van der Waals surface area contributed by atoms with Crippen LogP contribution in [0.5, 0.6) is 5.75 Å². The van der Waals surface area contributed by atoms with Crippen LogP contribution in [-0.2, 0) is 17.6 Å². The molecule has 0 amide bonds. The van der Waals surface area contributed by atoms with Crippen LogP contribution in [0.4, 0.5) is 0 Å². The minimum Gasteiger partial charge on any atom is -0.493 e. The summed E-state index contributed by atoms with van der Waals surface area (Å²) >= 11 is 6.08. The summed E-state index contributed by atoms with van der Waals surface area (Å²) in [5, 5.41) is 0.700. The van der Waals surface area contributed by atoms with Gasteiger partial charge >= 0.3 is 0 Å². The summed E-state index contributed by atoms with van der Waals surface area (Å²) in [4.78, 5) is 12.0. The summed E-state index contributed by atoms with van der Waals surface area (Å²) in [6.45, 7) is 4.91. The average Bonchev–Trinajstić information content (AvgIpc) is 2.76. The van der Waals surface area contributed by atoms with Crippen molar-refractivity contribution in [2.24, 2.45) is 5.92 Å². The Morgan fingerprint density at radius 3 is 3.00 bits per heavy atom. The van der Waals surface area contributed by atoms with E-state index in [-0.39, 0.29) is 5.78 Å². The number of Topliss-reactive ketones (excluding diaryl/α,β-unsaturated/α-hetero) is 1. The zero-order valence-corrected chi connectivity index (χ0v) is 11.7. The summed E-state index contributed by atoms with van der Waals surface area (Å²) in [5.74, 6) is 1.60. The number of hydrogen-bond donors (Lipinski definition) is 0. The Kier molecular flexibility index (Phi) is 4.28. The van der Waals surface area contributed by atoms with Crippen molar-refractivity contribution in [2.45, 2.75) is 39.5 Å². The predicted molar refractivity (Wildman–Crippen MR) is 73.4 cm³/mol. The maximum atomic E-state index is 12.0. The molecule has 1 aliphatic heterocycles. The lowest BCUT2D eigenvalue weighted by atomic mass is 9.96. The fourth-order valence-electron chi connectivity index (χ4n) is 2.29. The molecular weight excluding hydrogens is 248 g/mol. The van der Waals surface area contributed by atoms with E-state index in [0.29, 0.717) is 30.4 Å². The lowest BCUT2D eigenvalue weighted by Crippen LogP contribution is -2.08. The second-order valence-electron chi connectivity index (χ2n) is 5.08. The summed E-state index contributed by atoms with van der Waals surface area (Å²) in [6.07, 6.45) is 3.00. The minimum atomic E-state index is 0.268. The van der Waals surface area contributed by atoms with Crippen molar-refractivity contribution < 1.29 is 9.53 Å². The Morgan fingerprint density at radius 1 is 1.50 bits per heavy atom. The molecule has 0 spiro atoms. The number of ether oxygens (including phenoxy) is 1. The molecule has 3 heteroatoms. The van der Waals surface area contributed by atoms with Crippen molar-refractivity contribution in [1.82, 2.24) is 0 Å². The van der Waals surface area contributed by atoms with E-state index in [1.54, 1.807) is 0 Å². The van der Waals surface area contributed by atoms with Gasteiger partial charge in [-0.05, 0) is 23.6 Å². The van der Waals surface area contributed by atoms with E-state index in [9.17, 15) is 4.79 Å². The van der Waals surface area contributed by atoms with Crippen molar-refractivity contribution in [1.29, 1.82) is 0 Å². The van der Waals surface area contributed by atoms with E-state index < -0.39 is 0 Å². The van der Waals surface area contributed by atoms with Crippen LogP contribution in [0.25, 0.3) is 0 Å². The number of carbonyl (C=O) groups excluding carboxylic acids is 1. The third kappa shape index (κ3) is 3.05. The van der Waals surface area contributed by atoms with E-state index in [0.717, 1.165) is 29.7 Å². The molecule has 98 valence electrons. The second kappa shape index (κ2) is 5.75. The number of rotatable bonds is 5. The molecule has 0 saturated heterocycles. The maximum absolute atomic E-state index is 12.0. The van der Waals surface area contributed by atoms with Gasteiger partial charge in [0.15, 0.2) is 0 Å². The number of benzene rings is 1. The molecule has 0 N–H and O–H groups in total. The largest absolute Gasteiger partial charge is 0.493 e. The summed E-state index contributed by atoms with van der Waals surface area (Å²) in [6, 6.07) is 3.80. The quantitative estimate of drug-likeness (QED) is 0.810. The number of hydrogen-bond acceptors (Lipinski definition) is 2. The Bertz CT molecular complexity index is 454. The zero-order valence-electron chi connectivity index (χ0n) is 11.0. The lowest BCUT2D eigenvalue weighted by Gasteiger charge is -2.10. The Morgan fingerprint density at radius 2 is 2.28 bits per heavy atom. The standard InChI is InChI=1S/C15H19ClO2/c1-3-10(2)6-14(17)9-12-8-13(16)7-11-4-5-18-15(11)12/h7-8,10H,3-6,9H2,1-2H3. The molecule has 1 aliphatic rings. The molecule has 0 aliphatic carbocycles. The lowest BCUT2D eigenvalue weighted by molar-refractivity contribution is -0.119. The van der Waals surface area contributed by atoms with Crippen LogP contribution in [0, 0.1) is 5.92 Å². The van der Waals surface area contributed by atoms with Crippen LogP contribution in [0.1, 0.15) is 37.8 Å². The zero-order chi connectivity index (χ0) is 13.1. The van der Waals surface area contributed by atoms with Gasteiger partial charge in [-0.2, -0.15) is 0 Å². The smallest absolute Gasteiger partial charge is 0.137 e. The number of fused-ring (bicyclic) bond motifs is 1. The van der Waals surface area contributed by atoms with Gasteiger partial charge in [0, 0.05) is 29.8 Å². The van der Waals surface area contributed by atoms with Gasteiger partial charge in [0.2, 0.25) is 0 Å². The van der Waals surface area contributed by atoms with Crippen LogP contribution in [0.2, 0.25) is 5.02 Å². The minimum absolute atomic E-state index is 0.268. The van der Waals surface area contributed by atoms with Crippen LogP contribution in [0.3, 0.4) is 0 Å². The molecule has 1 aromatic rings. The molecule has 0 aromatic heterocycles. The van der Waals surface area contributed by atoms with Crippen molar-refractivity contribution in [3.8, 4) is 5.75 Å². The normalized spacial score (nSPS) is 15.1. The molecule has 0 radical (unpaired) electrons. The Labute approximate surface area is 113 Å². The highest BCUT2D eigenvalue weighted by Crippen LogP contribution is 2.33. The molecule has 0 saturated carbocycles. The highest BCUT2D eigenvalue weighted by Gasteiger charge is 2.19. The van der Waals surface area contributed by atoms with Crippen LogP contribution >= 0.6 is 11.6 Å². The second-order valence-corrected chi connectivity index (χ2v) is 5.52. The molecule has 1 heterocycles. The van der Waals surface area contributed by atoms with E-state index >= 15 is 0 Å². The molecule has 0 fully saturated rings. The van der Waals surface area contributed by atoms with Crippen molar-refractivity contribution in [3.05, 3.63) is 28.3 Å². The van der Waals surface area contributed by atoms with Gasteiger partial charge in [0.05, 0.1) is 6.61 Å². The monoisotopic (exact) mass is 266 g/mol. The van der Waals surface area contributed by atoms with Crippen LogP contribution < -0.4 is 4.74 Å². The van der Waals surface area contributed by atoms with Crippen LogP contribution in [0.15, 0.2) is 12.1 Å². The molecule has 2 rings (SSSR count). The van der Waals surface area contributed by atoms with Crippen molar-refractivity contribution in [3.63, 3.8) is 0 Å². The van der Waals surface area contributed by atoms with Gasteiger partial charge in [-0.15, -0.1) is 0 Å². The molecule has 1 aromatic carbocycles. The fraction of sp³-hybridized carbons (Fsp3) is 0.533. The van der Waals surface area contributed by atoms with E-state index in [1.165, 1.54) is 0 Å². The number of carbonyl (C=O) groups is 1. The summed E-state index contributed by atoms with van der Waals surface area (Å²) in [7, 11) is 0.